The van der Waals surface area contributed by atoms with Crippen molar-refractivity contribution in [1.29, 1.82) is 0 Å². The fraction of sp³-hybridized carbons (Fsp3) is 0.571. The number of hydrogen-bond acceptors (Lipinski definition) is 3. The number of benzene rings is 1. The van der Waals surface area contributed by atoms with Crippen LogP contribution in [0.5, 0.6) is 11.5 Å². The lowest BCUT2D eigenvalue weighted by atomic mass is 10.0. The molecule has 1 aliphatic carbocycles. The molecule has 2 N–H and O–H groups in total. The zero-order valence-corrected chi connectivity index (χ0v) is 10.4. The normalized spacial score (nSPS) is 29.7. The molecule has 0 radical (unpaired) electrons. The highest BCUT2D eigenvalue weighted by Gasteiger charge is 2.38. The lowest BCUT2D eigenvalue weighted by Crippen LogP contribution is -2.05. The van der Waals surface area contributed by atoms with Gasteiger partial charge in [0.15, 0.2) is 0 Å². The van der Waals surface area contributed by atoms with Gasteiger partial charge in [-0.2, -0.15) is 0 Å². The molecule has 1 aromatic rings. The SMILES string of the molecule is CCOc1cc2c(cc1[C@@H]1C[C@H]1N)O[C@H](C)C2. The van der Waals surface area contributed by atoms with Crippen molar-refractivity contribution in [3.8, 4) is 11.5 Å². The van der Waals surface area contributed by atoms with E-state index < -0.39 is 0 Å². The molecule has 0 saturated heterocycles. The van der Waals surface area contributed by atoms with E-state index in [2.05, 4.69) is 19.1 Å². The Morgan fingerprint density at radius 2 is 2.24 bits per heavy atom. The monoisotopic (exact) mass is 233 g/mol. The highest BCUT2D eigenvalue weighted by Crippen LogP contribution is 2.47. The first-order valence-corrected chi connectivity index (χ1v) is 6.41. The first-order chi connectivity index (χ1) is 8.19. The Kier molecular flexibility index (Phi) is 2.51. The molecular formula is C14H19NO2. The van der Waals surface area contributed by atoms with Gasteiger partial charge in [0.25, 0.3) is 0 Å². The van der Waals surface area contributed by atoms with Crippen LogP contribution in [0.1, 0.15) is 37.3 Å². The Morgan fingerprint density at radius 3 is 2.88 bits per heavy atom. The van der Waals surface area contributed by atoms with Crippen LogP contribution in [0.3, 0.4) is 0 Å². The molecule has 3 rings (SSSR count). The van der Waals surface area contributed by atoms with Gasteiger partial charge in [-0.05, 0) is 32.4 Å². The van der Waals surface area contributed by atoms with Crippen LogP contribution in [0.25, 0.3) is 0 Å². The number of hydrogen-bond donors (Lipinski definition) is 1. The summed E-state index contributed by atoms with van der Waals surface area (Å²) in [7, 11) is 0. The van der Waals surface area contributed by atoms with Crippen LogP contribution in [-0.2, 0) is 6.42 Å². The van der Waals surface area contributed by atoms with Crippen molar-refractivity contribution in [2.45, 2.75) is 44.8 Å². The maximum Gasteiger partial charge on any atom is 0.123 e. The van der Waals surface area contributed by atoms with E-state index >= 15 is 0 Å². The largest absolute Gasteiger partial charge is 0.494 e. The summed E-state index contributed by atoms with van der Waals surface area (Å²) in [5.41, 5.74) is 8.43. The Labute approximate surface area is 102 Å². The van der Waals surface area contributed by atoms with Crippen LogP contribution in [0.4, 0.5) is 0 Å². The van der Waals surface area contributed by atoms with Gasteiger partial charge in [-0.1, -0.05) is 0 Å². The Morgan fingerprint density at radius 1 is 1.47 bits per heavy atom. The lowest BCUT2D eigenvalue weighted by molar-refractivity contribution is 0.254. The summed E-state index contributed by atoms with van der Waals surface area (Å²) >= 11 is 0. The van der Waals surface area contributed by atoms with E-state index in [1.54, 1.807) is 0 Å². The first kappa shape index (κ1) is 10.9. The number of nitrogens with two attached hydrogens (primary N) is 1. The Bertz CT molecular complexity index is 444. The van der Waals surface area contributed by atoms with Gasteiger partial charge < -0.3 is 15.2 Å². The van der Waals surface area contributed by atoms with Crippen molar-refractivity contribution < 1.29 is 9.47 Å². The smallest absolute Gasteiger partial charge is 0.123 e. The first-order valence-electron chi connectivity index (χ1n) is 6.41. The number of fused-ring (bicyclic) bond motifs is 1. The zero-order valence-electron chi connectivity index (χ0n) is 10.4. The summed E-state index contributed by atoms with van der Waals surface area (Å²) in [6.07, 6.45) is 2.32. The minimum Gasteiger partial charge on any atom is -0.494 e. The second-order valence-corrected chi connectivity index (χ2v) is 5.07. The van der Waals surface area contributed by atoms with E-state index in [4.69, 9.17) is 15.2 Å². The lowest BCUT2D eigenvalue weighted by Gasteiger charge is -2.12. The summed E-state index contributed by atoms with van der Waals surface area (Å²) in [5.74, 6) is 2.48. The van der Waals surface area contributed by atoms with Crippen LogP contribution in [0.15, 0.2) is 12.1 Å². The molecule has 1 saturated carbocycles. The molecule has 1 fully saturated rings. The van der Waals surface area contributed by atoms with E-state index in [0.717, 1.165) is 24.3 Å². The van der Waals surface area contributed by atoms with Gasteiger partial charge in [-0.25, -0.2) is 0 Å². The third kappa shape index (κ3) is 1.89. The van der Waals surface area contributed by atoms with Gasteiger partial charge in [0.2, 0.25) is 0 Å². The highest BCUT2D eigenvalue weighted by molar-refractivity contribution is 5.52. The molecule has 1 aliphatic heterocycles. The molecule has 3 heteroatoms. The molecule has 0 spiro atoms. The molecule has 3 atom stereocenters. The fourth-order valence-corrected chi connectivity index (χ4v) is 2.60. The van der Waals surface area contributed by atoms with Crippen LogP contribution in [0, 0.1) is 0 Å². The van der Waals surface area contributed by atoms with Crippen molar-refractivity contribution in [1.82, 2.24) is 0 Å². The highest BCUT2D eigenvalue weighted by atomic mass is 16.5. The maximum absolute atomic E-state index is 5.94. The summed E-state index contributed by atoms with van der Waals surface area (Å²) in [5, 5.41) is 0. The molecule has 0 unspecified atom stereocenters. The molecule has 0 amide bonds. The van der Waals surface area contributed by atoms with Crippen LogP contribution in [-0.4, -0.2) is 18.8 Å². The van der Waals surface area contributed by atoms with E-state index in [1.165, 1.54) is 11.1 Å². The summed E-state index contributed by atoms with van der Waals surface area (Å²) in [4.78, 5) is 0. The average molecular weight is 233 g/mol. The van der Waals surface area contributed by atoms with Crippen molar-refractivity contribution >= 4 is 0 Å². The van der Waals surface area contributed by atoms with Gasteiger partial charge in [0, 0.05) is 29.5 Å². The van der Waals surface area contributed by atoms with Crippen LogP contribution in [0.2, 0.25) is 0 Å². The van der Waals surface area contributed by atoms with Gasteiger partial charge in [0.05, 0.1) is 6.61 Å². The molecule has 3 nitrogen and oxygen atoms in total. The quantitative estimate of drug-likeness (QED) is 0.870. The Hall–Kier alpha value is -1.22. The molecule has 0 aromatic heterocycles. The molecule has 1 aromatic carbocycles. The van der Waals surface area contributed by atoms with E-state index in [1.807, 2.05) is 6.92 Å². The van der Waals surface area contributed by atoms with Gasteiger partial charge in [0.1, 0.15) is 17.6 Å². The Balaban J connectivity index is 1.98. The summed E-state index contributed by atoms with van der Waals surface area (Å²) in [6, 6.07) is 4.58. The van der Waals surface area contributed by atoms with E-state index in [9.17, 15) is 0 Å². The molecule has 92 valence electrons. The van der Waals surface area contributed by atoms with Gasteiger partial charge >= 0.3 is 0 Å². The van der Waals surface area contributed by atoms with Crippen LogP contribution >= 0.6 is 0 Å². The maximum atomic E-state index is 5.94. The molecule has 1 heterocycles. The zero-order chi connectivity index (χ0) is 12.0. The van der Waals surface area contributed by atoms with Crippen molar-refractivity contribution in [2.24, 2.45) is 5.73 Å². The molecule has 2 aliphatic rings. The standard InChI is InChI=1S/C14H19NO2/c1-3-16-14-5-9-4-8(2)17-13(9)7-11(14)10-6-12(10)15/h5,7-8,10,12H,3-4,6,15H2,1-2H3/t8-,10+,12-/m1/s1. The van der Waals surface area contributed by atoms with Crippen molar-refractivity contribution in [2.75, 3.05) is 6.61 Å². The summed E-state index contributed by atoms with van der Waals surface area (Å²) in [6.45, 7) is 4.82. The summed E-state index contributed by atoms with van der Waals surface area (Å²) < 4.78 is 11.5. The number of rotatable bonds is 3. The molecule has 17 heavy (non-hydrogen) atoms. The fourth-order valence-electron chi connectivity index (χ4n) is 2.60. The van der Waals surface area contributed by atoms with E-state index in [-0.39, 0.29) is 6.10 Å². The third-order valence-electron chi connectivity index (χ3n) is 3.57. The molecule has 0 bridgehead atoms. The second-order valence-electron chi connectivity index (χ2n) is 5.07. The van der Waals surface area contributed by atoms with Crippen LogP contribution < -0.4 is 15.2 Å². The predicted molar refractivity (Wildman–Crippen MR) is 66.7 cm³/mol. The third-order valence-corrected chi connectivity index (χ3v) is 3.57. The second kappa shape index (κ2) is 3.91. The molecular weight excluding hydrogens is 214 g/mol. The number of ether oxygens (including phenoxy) is 2. The van der Waals surface area contributed by atoms with E-state index in [0.29, 0.717) is 18.6 Å². The van der Waals surface area contributed by atoms with Crippen molar-refractivity contribution in [3.05, 3.63) is 23.3 Å². The van der Waals surface area contributed by atoms with Gasteiger partial charge in [-0.3, -0.25) is 0 Å². The predicted octanol–water partition coefficient (Wildman–Crippen LogP) is 2.22. The topological polar surface area (TPSA) is 44.5 Å². The van der Waals surface area contributed by atoms with Gasteiger partial charge in [-0.15, -0.1) is 0 Å². The average Bonchev–Trinajstić information content (AvgIpc) is 2.87. The minimum atomic E-state index is 0.280. The van der Waals surface area contributed by atoms with Crippen molar-refractivity contribution in [3.63, 3.8) is 0 Å². The minimum absolute atomic E-state index is 0.280.